The molecule has 2 heterocycles. The molecule has 0 bridgehead atoms. The van der Waals surface area contributed by atoms with Gasteiger partial charge in [-0.25, -0.2) is 0 Å². The lowest BCUT2D eigenvalue weighted by Gasteiger charge is -2.22. The zero-order chi connectivity index (χ0) is 20.9. The number of ether oxygens (including phenoxy) is 3. The number of rotatable bonds is 5. The minimum atomic E-state index is 0. The molecular weight excluding hydrogens is 531 g/mol. The number of fused-ring (bicyclic) bond motifs is 1. The Kier molecular flexibility index (Phi) is 8.36. The summed E-state index contributed by atoms with van der Waals surface area (Å²) in [6.45, 7) is 3.49. The molecular formula is C22H28ClIN4O3. The van der Waals surface area contributed by atoms with Crippen molar-refractivity contribution in [1.29, 1.82) is 0 Å². The highest BCUT2D eigenvalue weighted by molar-refractivity contribution is 14.0. The van der Waals surface area contributed by atoms with Crippen molar-refractivity contribution in [3.8, 4) is 17.2 Å². The molecule has 2 aromatic carbocycles. The van der Waals surface area contributed by atoms with E-state index >= 15 is 0 Å². The molecule has 1 unspecified atom stereocenters. The van der Waals surface area contributed by atoms with E-state index < -0.39 is 0 Å². The Labute approximate surface area is 205 Å². The van der Waals surface area contributed by atoms with Crippen LogP contribution in [0.2, 0.25) is 5.02 Å². The van der Waals surface area contributed by atoms with E-state index in [9.17, 15) is 0 Å². The quantitative estimate of drug-likeness (QED) is 0.332. The standard InChI is InChI=1S/C22H27ClN4O3.HI/c1-24-22(25-13-15-11-17(23)21-20(12-15)29-9-10-30-21)26-16-7-8-27(14-16)18-5-3-4-6-19(18)28-2;/h3-6,11-12,16H,7-10,13-14H2,1-2H3,(H2,24,25,26);1H. The van der Waals surface area contributed by atoms with E-state index in [-0.39, 0.29) is 24.0 Å². The lowest BCUT2D eigenvalue weighted by molar-refractivity contribution is 0.171. The third-order valence-corrected chi connectivity index (χ3v) is 5.58. The first-order valence-electron chi connectivity index (χ1n) is 10.1. The molecule has 2 aromatic rings. The van der Waals surface area contributed by atoms with Crippen LogP contribution < -0.4 is 29.7 Å². The Morgan fingerprint density at radius 2 is 2.06 bits per heavy atom. The molecule has 4 rings (SSSR count). The van der Waals surface area contributed by atoms with Gasteiger partial charge in [-0.3, -0.25) is 4.99 Å². The highest BCUT2D eigenvalue weighted by Gasteiger charge is 2.25. The van der Waals surface area contributed by atoms with Crippen molar-refractivity contribution < 1.29 is 14.2 Å². The molecule has 0 radical (unpaired) electrons. The smallest absolute Gasteiger partial charge is 0.191 e. The van der Waals surface area contributed by atoms with Crippen molar-refractivity contribution in [1.82, 2.24) is 10.6 Å². The second-order valence-corrected chi connectivity index (χ2v) is 7.68. The van der Waals surface area contributed by atoms with Crippen LogP contribution in [0.4, 0.5) is 5.69 Å². The van der Waals surface area contributed by atoms with Crippen LogP contribution in [0.3, 0.4) is 0 Å². The average Bonchev–Trinajstić information content (AvgIpc) is 3.25. The maximum Gasteiger partial charge on any atom is 0.191 e. The van der Waals surface area contributed by atoms with Crippen LogP contribution in [0.15, 0.2) is 41.4 Å². The molecule has 7 nitrogen and oxygen atoms in total. The van der Waals surface area contributed by atoms with E-state index in [2.05, 4.69) is 26.6 Å². The number of nitrogens with zero attached hydrogens (tertiary/aromatic N) is 2. The first-order valence-corrected chi connectivity index (χ1v) is 10.5. The Bertz CT molecular complexity index is 928. The van der Waals surface area contributed by atoms with Gasteiger partial charge in [0.1, 0.15) is 19.0 Å². The van der Waals surface area contributed by atoms with Gasteiger partial charge in [-0.1, -0.05) is 23.7 Å². The van der Waals surface area contributed by atoms with Gasteiger partial charge < -0.3 is 29.7 Å². The summed E-state index contributed by atoms with van der Waals surface area (Å²) in [6.07, 6.45) is 1.02. The zero-order valence-corrected chi connectivity index (χ0v) is 20.8. The number of guanidine groups is 1. The SMILES string of the molecule is CN=C(NCc1cc(Cl)c2c(c1)OCCO2)NC1CCN(c2ccccc2OC)C1.I. The van der Waals surface area contributed by atoms with Gasteiger partial charge in [0.2, 0.25) is 0 Å². The Balaban J connectivity index is 0.00000272. The van der Waals surface area contributed by atoms with Crippen LogP contribution in [0, 0.1) is 0 Å². The van der Waals surface area contributed by atoms with Crippen LogP contribution in [-0.2, 0) is 6.54 Å². The molecule has 1 saturated heterocycles. The van der Waals surface area contributed by atoms with Gasteiger partial charge in [-0.15, -0.1) is 24.0 Å². The second-order valence-electron chi connectivity index (χ2n) is 7.28. The number of halogens is 2. The number of hydrogen-bond acceptors (Lipinski definition) is 5. The highest BCUT2D eigenvalue weighted by Crippen LogP contribution is 2.38. The molecule has 0 amide bonds. The fourth-order valence-electron chi connectivity index (χ4n) is 3.83. The maximum atomic E-state index is 6.34. The summed E-state index contributed by atoms with van der Waals surface area (Å²) in [5, 5.41) is 7.45. The Hall–Kier alpha value is -2.07. The molecule has 2 N–H and O–H groups in total. The maximum absolute atomic E-state index is 6.34. The van der Waals surface area contributed by atoms with Gasteiger partial charge in [0.25, 0.3) is 0 Å². The van der Waals surface area contributed by atoms with E-state index in [0.29, 0.717) is 42.3 Å². The number of nitrogens with one attached hydrogen (secondary N) is 2. The molecule has 1 atom stereocenters. The van der Waals surface area contributed by atoms with Crippen molar-refractivity contribution >= 4 is 47.2 Å². The van der Waals surface area contributed by atoms with Crippen molar-refractivity contribution in [2.45, 2.75) is 19.0 Å². The van der Waals surface area contributed by atoms with E-state index in [4.69, 9.17) is 25.8 Å². The molecule has 9 heteroatoms. The van der Waals surface area contributed by atoms with Gasteiger partial charge in [-0.05, 0) is 36.2 Å². The topological polar surface area (TPSA) is 67.4 Å². The summed E-state index contributed by atoms with van der Waals surface area (Å²) in [7, 11) is 3.49. The van der Waals surface area contributed by atoms with Crippen molar-refractivity contribution in [3.63, 3.8) is 0 Å². The fourth-order valence-corrected chi connectivity index (χ4v) is 4.12. The second kappa shape index (κ2) is 11.0. The molecule has 168 valence electrons. The van der Waals surface area contributed by atoms with E-state index in [0.717, 1.165) is 42.5 Å². The highest BCUT2D eigenvalue weighted by atomic mass is 127. The van der Waals surface area contributed by atoms with Crippen LogP contribution in [-0.4, -0.2) is 52.5 Å². The number of benzene rings is 2. The number of anilines is 1. The first kappa shape index (κ1) is 23.6. The van der Waals surface area contributed by atoms with E-state index in [1.165, 1.54) is 0 Å². The van der Waals surface area contributed by atoms with Gasteiger partial charge in [0.15, 0.2) is 17.5 Å². The molecule has 0 aromatic heterocycles. The predicted octanol–water partition coefficient (Wildman–Crippen LogP) is 3.68. The number of hydrogen-bond donors (Lipinski definition) is 2. The van der Waals surface area contributed by atoms with Crippen LogP contribution in [0.25, 0.3) is 0 Å². The summed E-state index contributed by atoms with van der Waals surface area (Å²) in [6, 6.07) is 12.3. The van der Waals surface area contributed by atoms with Crippen LogP contribution in [0.1, 0.15) is 12.0 Å². The van der Waals surface area contributed by atoms with Crippen LogP contribution in [0.5, 0.6) is 17.2 Å². The van der Waals surface area contributed by atoms with Gasteiger partial charge in [0.05, 0.1) is 17.8 Å². The lowest BCUT2D eigenvalue weighted by atomic mass is 10.2. The lowest BCUT2D eigenvalue weighted by Crippen LogP contribution is -2.44. The van der Waals surface area contributed by atoms with E-state index in [1.54, 1.807) is 14.2 Å². The van der Waals surface area contributed by atoms with Gasteiger partial charge >= 0.3 is 0 Å². The van der Waals surface area contributed by atoms with Crippen molar-refractivity contribution in [2.24, 2.45) is 4.99 Å². The Morgan fingerprint density at radius 1 is 1.26 bits per heavy atom. The molecule has 1 fully saturated rings. The van der Waals surface area contributed by atoms with Crippen molar-refractivity contribution in [3.05, 3.63) is 47.0 Å². The summed E-state index contributed by atoms with van der Waals surface area (Å²) < 4.78 is 16.7. The molecule has 0 saturated carbocycles. The predicted molar refractivity (Wildman–Crippen MR) is 135 cm³/mol. The minimum Gasteiger partial charge on any atom is -0.495 e. The summed E-state index contributed by atoms with van der Waals surface area (Å²) in [5.74, 6) is 2.97. The van der Waals surface area contributed by atoms with Gasteiger partial charge in [0, 0.05) is 32.7 Å². The van der Waals surface area contributed by atoms with E-state index in [1.807, 2.05) is 30.3 Å². The number of aliphatic imine (C=N–C) groups is 1. The van der Waals surface area contributed by atoms with Crippen molar-refractivity contribution in [2.75, 3.05) is 45.4 Å². The summed E-state index contributed by atoms with van der Waals surface area (Å²) in [5.41, 5.74) is 2.13. The van der Waals surface area contributed by atoms with Gasteiger partial charge in [-0.2, -0.15) is 0 Å². The molecule has 0 aliphatic carbocycles. The number of para-hydroxylation sites is 2. The summed E-state index contributed by atoms with van der Waals surface area (Å²) in [4.78, 5) is 6.71. The fraction of sp³-hybridized carbons (Fsp3) is 0.409. The third kappa shape index (κ3) is 5.60. The Morgan fingerprint density at radius 3 is 2.87 bits per heavy atom. The average molecular weight is 559 g/mol. The third-order valence-electron chi connectivity index (χ3n) is 5.30. The molecule has 2 aliphatic heterocycles. The van der Waals surface area contributed by atoms with Crippen LogP contribution >= 0.6 is 35.6 Å². The molecule has 2 aliphatic rings. The monoisotopic (exact) mass is 558 g/mol. The molecule has 31 heavy (non-hydrogen) atoms. The minimum absolute atomic E-state index is 0. The normalized spacial score (nSPS) is 17.7. The summed E-state index contributed by atoms with van der Waals surface area (Å²) >= 11 is 6.34. The first-order chi connectivity index (χ1) is 14.7. The molecule has 0 spiro atoms. The number of methoxy groups -OCH3 is 1. The zero-order valence-electron chi connectivity index (χ0n) is 17.7. The largest absolute Gasteiger partial charge is 0.495 e.